The summed E-state index contributed by atoms with van der Waals surface area (Å²) < 4.78 is 0. The van der Waals surface area contributed by atoms with Gasteiger partial charge in [-0.15, -0.1) is 6.89 Å². The van der Waals surface area contributed by atoms with E-state index in [9.17, 15) is 0 Å². The normalized spacial score (nSPS) is 16.8. The fraction of sp³-hybridized carbons (Fsp3) is 0.917. The number of hydrogen-bond donors (Lipinski definition) is 0. The number of hydrogen-bond acceptors (Lipinski definition) is 0. The molecular weight excluding hydrogens is 175 g/mol. The maximum atomic E-state index is 2.50. The molecule has 0 saturated carbocycles. The van der Waals surface area contributed by atoms with Gasteiger partial charge in [-0.1, -0.05) is 46.3 Å². The van der Waals surface area contributed by atoms with Gasteiger partial charge in [0.25, 0.3) is 0 Å². The van der Waals surface area contributed by atoms with Crippen LogP contribution in [0, 0.1) is 0 Å². The third kappa shape index (κ3) is 3.90. The third-order valence-electron chi connectivity index (χ3n) is 3.33. The summed E-state index contributed by atoms with van der Waals surface area (Å²) in [6.07, 6.45) is 5.61. The Morgan fingerprint density at radius 1 is 1.15 bits per heavy atom. The largest absolute Gasteiger partial charge is 0.107 e. The summed E-state index contributed by atoms with van der Waals surface area (Å²) in [6.45, 7) is 13.4. The highest BCUT2D eigenvalue weighted by molar-refractivity contribution is 7.75. The standard InChI is InChI=1S/C12H27P/c1-7-9-10-11-13(6,8-2)12(3,4)5/h8H,7,9-11H2,1-6H3. The fourth-order valence-electron chi connectivity index (χ4n) is 1.54. The summed E-state index contributed by atoms with van der Waals surface area (Å²) in [7, 11) is 0. The van der Waals surface area contributed by atoms with E-state index in [4.69, 9.17) is 0 Å². The average molecular weight is 202 g/mol. The number of unbranched alkanes of at least 4 members (excludes halogenated alkanes) is 2. The monoisotopic (exact) mass is 202 g/mol. The van der Waals surface area contributed by atoms with Gasteiger partial charge >= 0.3 is 0 Å². The molecule has 1 heteroatoms. The van der Waals surface area contributed by atoms with E-state index >= 15 is 0 Å². The van der Waals surface area contributed by atoms with Crippen LogP contribution < -0.4 is 0 Å². The van der Waals surface area contributed by atoms with Crippen molar-refractivity contribution < 1.29 is 0 Å². The predicted molar refractivity (Wildman–Crippen MR) is 68.7 cm³/mol. The van der Waals surface area contributed by atoms with Crippen molar-refractivity contribution in [1.82, 2.24) is 0 Å². The van der Waals surface area contributed by atoms with Crippen molar-refractivity contribution in [3.63, 3.8) is 0 Å². The Balaban J connectivity index is 4.32. The van der Waals surface area contributed by atoms with E-state index in [1.165, 1.54) is 25.4 Å². The smallest absolute Gasteiger partial charge is 0.0186 e. The van der Waals surface area contributed by atoms with Gasteiger partial charge in [0.05, 0.1) is 0 Å². The van der Waals surface area contributed by atoms with E-state index in [1.54, 1.807) is 0 Å². The van der Waals surface area contributed by atoms with Crippen molar-refractivity contribution in [2.45, 2.75) is 59.0 Å². The van der Waals surface area contributed by atoms with E-state index < -0.39 is 6.89 Å². The van der Waals surface area contributed by atoms with Crippen LogP contribution >= 0.6 is 6.89 Å². The molecule has 1 atom stereocenters. The highest BCUT2D eigenvalue weighted by Gasteiger charge is 2.24. The molecule has 13 heavy (non-hydrogen) atoms. The summed E-state index contributed by atoms with van der Waals surface area (Å²) in [4.78, 5) is 0. The Kier molecular flexibility index (Phi) is 5.37. The summed E-state index contributed by atoms with van der Waals surface area (Å²) >= 11 is 0. The first-order valence-electron chi connectivity index (χ1n) is 5.53. The van der Waals surface area contributed by atoms with E-state index in [-0.39, 0.29) is 0 Å². The molecule has 0 amide bonds. The topological polar surface area (TPSA) is 0 Å². The minimum absolute atomic E-state index is 0.509. The molecule has 0 aliphatic rings. The molecule has 0 nitrogen and oxygen atoms in total. The van der Waals surface area contributed by atoms with Crippen LogP contribution in [0.5, 0.6) is 0 Å². The molecule has 0 heterocycles. The van der Waals surface area contributed by atoms with Crippen LogP contribution in [-0.4, -0.2) is 23.8 Å². The molecule has 0 aliphatic heterocycles. The molecule has 0 rings (SSSR count). The Labute approximate surface area is 85.1 Å². The lowest BCUT2D eigenvalue weighted by Crippen LogP contribution is -2.17. The van der Waals surface area contributed by atoms with Crippen LogP contribution in [0.3, 0.4) is 0 Å². The zero-order valence-corrected chi connectivity index (χ0v) is 11.2. The van der Waals surface area contributed by atoms with Gasteiger partial charge in [-0.3, -0.25) is 0 Å². The van der Waals surface area contributed by atoms with E-state index in [0.717, 1.165) is 0 Å². The highest BCUT2D eigenvalue weighted by Crippen LogP contribution is 2.55. The van der Waals surface area contributed by atoms with E-state index in [2.05, 4.69) is 47.1 Å². The fourth-order valence-corrected chi connectivity index (χ4v) is 4.13. The summed E-state index contributed by atoms with van der Waals surface area (Å²) in [5.74, 6) is 2.50. The quantitative estimate of drug-likeness (QED) is 0.467. The first-order chi connectivity index (χ1) is 5.87. The van der Waals surface area contributed by atoms with Crippen molar-refractivity contribution >= 4 is 12.7 Å². The maximum Gasteiger partial charge on any atom is -0.0186 e. The van der Waals surface area contributed by atoms with Gasteiger partial charge in [0, 0.05) is 0 Å². The second-order valence-corrected chi connectivity index (χ2v) is 9.97. The summed E-state index contributed by atoms with van der Waals surface area (Å²) in [5, 5.41) is 0.509. The molecule has 0 aromatic carbocycles. The Hall–Kier alpha value is 0.300. The highest BCUT2D eigenvalue weighted by atomic mass is 31.2. The molecule has 1 unspecified atom stereocenters. The lowest BCUT2D eigenvalue weighted by Gasteiger charge is -2.35. The van der Waals surface area contributed by atoms with Gasteiger partial charge < -0.3 is 0 Å². The average Bonchev–Trinajstić information content (AvgIpc) is 2.02. The maximum absolute atomic E-state index is 2.50. The van der Waals surface area contributed by atoms with E-state index in [0.29, 0.717) is 5.16 Å². The molecule has 0 aromatic heterocycles. The van der Waals surface area contributed by atoms with Crippen LogP contribution in [0.4, 0.5) is 0 Å². The second kappa shape index (κ2) is 5.25. The Morgan fingerprint density at radius 3 is 2.00 bits per heavy atom. The Bertz CT molecular complexity index is 184. The molecule has 80 valence electrons. The first-order valence-corrected chi connectivity index (χ1v) is 8.02. The van der Waals surface area contributed by atoms with Crippen LogP contribution in [0.2, 0.25) is 0 Å². The first kappa shape index (κ1) is 13.3. The van der Waals surface area contributed by atoms with Crippen molar-refractivity contribution in [2.24, 2.45) is 0 Å². The van der Waals surface area contributed by atoms with Crippen LogP contribution in [0.25, 0.3) is 0 Å². The third-order valence-corrected chi connectivity index (χ3v) is 8.78. The van der Waals surface area contributed by atoms with Gasteiger partial charge in [-0.2, -0.15) is 0 Å². The lowest BCUT2D eigenvalue weighted by molar-refractivity contribution is 0.746. The van der Waals surface area contributed by atoms with Crippen molar-refractivity contribution in [3.05, 3.63) is 0 Å². The van der Waals surface area contributed by atoms with Crippen molar-refractivity contribution in [2.75, 3.05) is 12.8 Å². The zero-order valence-electron chi connectivity index (χ0n) is 10.4. The zero-order chi connectivity index (χ0) is 10.5. The molecular formula is C12H27P. The van der Waals surface area contributed by atoms with Crippen LogP contribution in [0.15, 0.2) is 0 Å². The minimum Gasteiger partial charge on any atom is -0.107 e. The lowest BCUT2D eigenvalue weighted by atomic mass is 10.2. The van der Waals surface area contributed by atoms with Gasteiger partial charge in [0.1, 0.15) is 0 Å². The van der Waals surface area contributed by atoms with Gasteiger partial charge in [-0.05, 0) is 31.3 Å². The van der Waals surface area contributed by atoms with E-state index in [1.807, 2.05) is 0 Å². The molecule has 0 aliphatic carbocycles. The van der Waals surface area contributed by atoms with Crippen molar-refractivity contribution in [1.29, 1.82) is 0 Å². The molecule has 0 fully saturated rings. The van der Waals surface area contributed by atoms with Crippen LogP contribution in [-0.2, 0) is 0 Å². The molecule has 0 N–H and O–H groups in total. The summed E-state index contributed by atoms with van der Waals surface area (Å²) in [5.41, 5.74) is 0. The SMILES string of the molecule is CC=P(C)(CCCCC)C(C)(C)C. The summed E-state index contributed by atoms with van der Waals surface area (Å²) in [6, 6.07) is 0. The molecule has 0 saturated heterocycles. The minimum atomic E-state index is -0.789. The van der Waals surface area contributed by atoms with Gasteiger partial charge in [0.2, 0.25) is 0 Å². The predicted octanol–water partition coefficient (Wildman–Crippen LogP) is 4.44. The van der Waals surface area contributed by atoms with Gasteiger partial charge in [0.15, 0.2) is 0 Å². The molecule has 0 spiro atoms. The second-order valence-electron chi connectivity index (χ2n) is 5.13. The van der Waals surface area contributed by atoms with Crippen molar-refractivity contribution in [3.8, 4) is 0 Å². The molecule has 0 radical (unpaired) electrons. The molecule has 0 aromatic rings. The van der Waals surface area contributed by atoms with Crippen LogP contribution in [0.1, 0.15) is 53.9 Å². The molecule has 0 bridgehead atoms. The number of rotatable bonds is 4. The Morgan fingerprint density at radius 2 is 1.69 bits per heavy atom. The van der Waals surface area contributed by atoms with Gasteiger partial charge in [-0.25, -0.2) is 0 Å².